The van der Waals surface area contributed by atoms with Crippen molar-refractivity contribution in [3.63, 3.8) is 0 Å². The molecule has 2 saturated heterocycles. The second-order valence-corrected chi connectivity index (χ2v) is 7.40. The predicted octanol–water partition coefficient (Wildman–Crippen LogP) is 2.30. The van der Waals surface area contributed by atoms with Crippen LogP contribution in [0, 0.1) is 0 Å². The Hall–Kier alpha value is 0.270. The molecule has 0 saturated carbocycles. The molecule has 1 atom stereocenters. The lowest BCUT2D eigenvalue weighted by molar-refractivity contribution is 0.0464. The van der Waals surface area contributed by atoms with Gasteiger partial charge in [0.25, 0.3) is 0 Å². The van der Waals surface area contributed by atoms with Crippen molar-refractivity contribution in [1.82, 2.24) is 9.80 Å². The van der Waals surface area contributed by atoms with E-state index >= 15 is 0 Å². The molecule has 0 N–H and O–H groups in total. The molecule has 0 spiro atoms. The monoisotopic (exact) mass is 242 g/mol. The molecule has 94 valence electrons. The Balaban J connectivity index is 1.85. The van der Waals surface area contributed by atoms with Crippen LogP contribution in [0.25, 0.3) is 0 Å². The summed E-state index contributed by atoms with van der Waals surface area (Å²) < 4.78 is 0.414. The average molecular weight is 242 g/mol. The fourth-order valence-corrected chi connectivity index (χ4v) is 3.28. The molecule has 0 aromatic heterocycles. The highest BCUT2D eigenvalue weighted by atomic mass is 32.2. The van der Waals surface area contributed by atoms with Crippen molar-refractivity contribution in [2.45, 2.75) is 43.9 Å². The number of nitrogens with zero attached hydrogens (tertiary/aromatic N) is 2. The molecule has 3 heteroatoms. The zero-order chi connectivity index (χ0) is 11.6. The van der Waals surface area contributed by atoms with Crippen LogP contribution in [0.3, 0.4) is 0 Å². The normalized spacial score (nSPS) is 29.1. The van der Waals surface area contributed by atoms with E-state index < -0.39 is 0 Å². The maximum absolute atomic E-state index is 2.71. The van der Waals surface area contributed by atoms with Crippen molar-refractivity contribution < 1.29 is 0 Å². The van der Waals surface area contributed by atoms with Crippen LogP contribution in [-0.2, 0) is 0 Å². The van der Waals surface area contributed by atoms with Gasteiger partial charge in [-0.1, -0.05) is 6.42 Å². The molecule has 2 aliphatic heterocycles. The van der Waals surface area contributed by atoms with E-state index in [1.807, 2.05) is 11.8 Å². The quantitative estimate of drug-likeness (QED) is 0.750. The van der Waals surface area contributed by atoms with Gasteiger partial charge in [-0.3, -0.25) is 9.80 Å². The molecule has 0 radical (unpaired) electrons. The summed E-state index contributed by atoms with van der Waals surface area (Å²) in [7, 11) is 0. The lowest BCUT2D eigenvalue weighted by atomic mass is 9.99. The summed E-state index contributed by atoms with van der Waals surface area (Å²) in [5.74, 6) is 0. The van der Waals surface area contributed by atoms with Crippen LogP contribution in [0.2, 0.25) is 0 Å². The van der Waals surface area contributed by atoms with Gasteiger partial charge in [-0.25, -0.2) is 0 Å². The SMILES string of the molecule is CSC(C)(C)CN1CCN2CCCCC2C1. The van der Waals surface area contributed by atoms with Crippen molar-refractivity contribution in [2.24, 2.45) is 0 Å². The number of hydrogen-bond acceptors (Lipinski definition) is 3. The molecule has 1 unspecified atom stereocenters. The summed E-state index contributed by atoms with van der Waals surface area (Å²) in [6, 6.07) is 0.861. The zero-order valence-electron chi connectivity index (χ0n) is 11.0. The van der Waals surface area contributed by atoms with Crippen LogP contribution in [-0.4, -0.2) is 59.6 Å². The summed E-state index contributed by atoms with van der Waals surface area (Å²) >= 11 is 1.99. The van der Waals surface area contributed by atoms with Crippen molar-refractivity contribution in [2.75, 3.05) is 39.0 Å². The van der Waals surface area contributed by atoms with Gasteiger partial charge in [-0.2, -0.15) is 11.8 Å². The Morgan fingerprint density at radius 2 is 2.00 bits per heavy atom. The second kappa shape index (κ2) is 5.28. The van der Waals surface area contributed by atoms with Crippen molar-refractivity contribution >= 4 is 11.8 Å². The molecule has 2 rings (SSSR count). The minimum absolute atomic E-state index is 0.414. The summed E-state index contributed by atoms with van der Waals surface area (Å²) in [6.07, 6.45) is 6.53. The number of hydrogen-bond donors (Lipinski definition) is 0. The molecule has 0 bridgehead atoms. The number of fused-ring (bicyclic) bond motifs is 1. The Bertz CT molecular complexity index is 230. The Kier molecular flexibility index (Phi) is 4.20. The van der Waals surface area contributed by atoms with Crippen molar-refractivity contribution in [3.05, 3.63) is 0 Å². The van der Waals surface area contributed by atoms with Crippen molar-refractivity contribution in [3.8, 4) is 0 Å². The average Bonchev–Trinajstić information content (AvgIpc) is 2.28. The van der Waals surface area contributed by atoms with Gasteiger partial charge in [0.15, 0.2) is 0 Å². The number of rotatable bonds is 3. The highest BCUT2D eigenvalue weighted by molar-refractivity contribution is 7.99. The topological polar surface area (TPSA) is 6.48 Å². The number of piperazine rings is 1. The molecular formula is C13H26N2S. The van der Waals surface area contributed by atoms with E-state index in [-0.39, 0.29) is 0 Å². The maximum atomic E-state index is 2.71. The molecule has 2 aliphatic rings. The largest absolute Gasteiger partial charge is 0.299 e. The maximum Gasteiger partial charge on any atom is 0.0227 e. The van der Waals surface area contributed by atoms with Crippen LogP contribution in [0.4, 0.5) is 0 Å². The van der Waals surface area contributed by atoms with Gasteiger partial charge >= 0.3 is 0 Å². The highest BCUT2D eigenvalue weighted by Gasteiger charge is 2.31. The van der Waals surface area contributed by atoms with Gasteiger partial charge in [0.05, 0.1) is 0 Å². The van der Waals surface area contributed by atoms with Crippen LogP contribution in [0.5, 0.6) is 0 Å². The second-order valence-electron chi connectivity index (χ2n) is 5.88. The molecule has 0 aliphatic carbocycles. The van der Waals surface area contributed by atoms with E-state index in [0.29, 0.717) is 4.75 Å². The molecule has 2 nitrogen and oxygen atoms in total. The minimum Gasteiger partial charge on any atom is -0.299 e. The predicted molar refractivity (Wildman–Crippen MR) is 73.2 cm³/mol. The fraction of sp³-hybridized carbons (Fsp3) is 1.00. The summed E-state index contributed by atoms with van der Waals surface area (Å²) in [6.45, 7) is 11.2. The minimum atomic E-state index is 0.414. The van der Waals surface area contributed by atoms with Gasteiger partial charge in [-0.15, -0.1) is 0 Å². The first-order chi connectivity index (χ1) is 7.61. The van der Waals surface area contributed by atoms with Crippen LogP contribution in [0.15, 0.2) is 0 Å². The highest BCUT2D eigenvalue weighted by Crippen LogP contribution is 2.26. The lowest BCUT2D eigenvalue weighted by Crippen LogP contribution is -2.56. The van der Waals surface area contributed by atoms with E-state index in [9.17, 15) is 0 Å². The first kappa shape index (κ1) is 12.7. The van der Waals surface area contributed by atoms with E-state index in [2.05, 4.69) is 29.9 Å². The first-order valence-corrected chi connectivity index (χ1v) is 7.85. The third kappa shape index (κ3) is 3.14. The Morgan fingerprint density at radius 3 is 2.75 bits per heavy atom. The van der Waals surface area contributed by atoms with Gasteiger partial charge in [0.2, 0.25) is 0 Å². The smallest absolute Gasteiger partial charge is 0.0227 e. The third-order valence-electron chi connectivity index (χ3n) is 4.08. The molecule has 2 heterocycles. The Morgan fingerprint density at radius 1 is 1.19 bits per heavy atom. The van der Waals surface area contributed by atoms with E-state index in [0.717, 1.165) is 6.04 Å². The van der Waals surface area contributed by atoms with Gasteiger partial charge in [0, 0.05) is 37.0 Å². The molecule has 0 aromatic carbocycles. The number of thioether (sulfide) groups is 1. The summed E-state index contributed by atoms with van der Waals surface area (Å²) in [5, 5.41) is 0. The lowest BCUT2D eigenvalue weighted by Gasteiger charge is -2.45. The third-order valence-corrected chi connectivity index (χ3v) is 5.31. The van der Waals surface area contributed by atoms with Crippen LogP contribution >= 0.6 is 11.8 Å². The molecule has 2 fully saturated rings. The van der Waals surface area contributed by atoms with E-state index in [1.54, 1.807) is 0 Å². The van der Waals surface area contributed by atoms with E-state index in [1.165, 1.54) is 52.0 Å². The number of piperidine rings is 1. The van der Waals surface area contributed by atoms with Gasteiger partial charge in [0.1, 0.15) is 0 Å². The summed E-state index contributed by atoms with van der Waals surface area (Å²) in [5.41, 5.74) is 0. The molecule has 16 heavy (non-hydrogen) atoms. The summed E-state index contributed by atoms with van der Waals surface area (Å²) in [4.78, 5) is 5.40. The van der Waals surface area contributed by atoms with E-state index in [4.69, 9.17) is 0 Å². The van der Waals surface area contributed by atoms with Crippen molar-refractivity contribution in [1.29, 1.82) is 0 Å². The standard InChI is InChI=1S/C13H26N2S/c1-13(2,16-3)11-14-8-9-15-7-5-4-6-12(15)10-14/h12H,4-11H2,1-3H3. The van der Waals surface area contributed by atoms with Crippen LogP contribution in [0.1, 0.15) is 33.1 Å². The molecule has 0 aromatic rings. The first-order valence-electron chi connectivity index (χ1n) is 6.62. The molecular weight excluding hydrogens is 216 g/mol. The van der Waals surface area contributed by atoms with Gasteiger partial charge < -0.3 is 0 Å². The van der Waals surface area contributed by atoms with Gasteiger partial charge in [-0.05, 0) is 39.5 Å². The molecule has 0 amide bonds. The van der Waals surface area contributed by atoms with Crippen LogP contribution < -0.4 is 0 Å². The fourth-order valence-electron chi connectivity index (χ4n) is 2.97. The zero-order valence-corrected chi connectivity index (χ0v) is 11.9. The Labute approximate surface area is 105 Å².